The highest BCUT2D eigenvalue weighted by molar-refractivity contribution is 5.59. The fourth-order valence-corrected chi connectivity index (χ4v) is 2.10. The summed E-state index contributed by atoms with van der Waals surface area (Å²) in [6.07, 6.45) is 1.93. The lowest BCUT2D eigenvalue weighted by Gasteiger charge is -2.35. The summed E-state index contributed by atoms with van der Waals surface area (Å²) in [5.41, 5.74) is 0.386. The SMILES string of the molecule is CC1(Nc2cccc(F)c2C#N)CCCOC1. The third-order valence-electron chi connectivity index (χ3n) is 3.00. The summed E-state index contributed by atoms with van der Waals surface area (Å²) >= 11 is 0. The highest BCUT2D eigenvalue weighted by Crippen LogP contribution is 2.27. The van der Waals surface area contributed by atoms with Gasteiger partial charge in [-0.05, 0) is 31.9 Å². The Balaban J connectivity index is 2.24. The van der Waals surface area contributed by atoms with Crippen molar-refractivity contribution in [3.8, 4) is 6.07 Å². The van der Waals surface area contributed by atoms with Gasteiger partial charge in [-0.1, -0.05) is 6.07 Å². The van der Waals surface area contributed by atoms with Crippen LogP contribution in [-0.2, 0) is 4.74 Å². The van der Waals surface area contributed by atoms with Crippen LogP contribution in [0.15, 0.2) is 18.2 Å². The van der Waals surface area contributed by atoms with E-state index in [2.05, 4.69) is 5.32 Å². The molecule has 1 unspecified atom stereocenters. The van der Waals surface area contributed by atoms with Gasteiger partial charge in [0.15, 0.2) is 0 Å². The number of nitrogens with zero attached hydrogens (tertiary/aromatic N) is 1. The molecule has 0 aromatic heterocycles. The lowest BCUT2D eigenvalue weighted by Crippen LogP contribution is -2.43. The van der Waals surface area contributed by atoms with Crippen LogP contribution in [0, 0.1) is 17.1 Å². The standard InChI is InChI=1S/C13H15FN2O/c1-13(6-3-7-17-9-13)16-12-5-2-4-11(14)10(12)8-15/h2,4-5,16H,3,6-7,9H2,1H3. The number of ether oxygens (including phenoxy) is 1. The van der Waals surface area contributed by atoms with Gasteiger partial charge in [-0.25, -0.2) is 4.39 Å². The Hall–Kier alpha value is -1.60. The Labute approximate surface area is 100 Å². The van der Waals surface area contributed by atoms with Gasteiger partial charge >= 0.3 is 0 Å². The molecule has 1 N–H and O–H groups in total. The fourth-order valence-electron chi connectivity index (χ4n) is 2.10. The van der Waals surface area contributed by atoms with Gasteiger partial charge < -0.3 is 10.1 Å². The Morgan fingerprint density at radius 2 is 2.35 bits per heavy atom. The molecule has 0 saturated carbocycles. The number of anilines is 1. The summed E-state index contributed by atoms with van der Waals surface area (Å²) in [5.74, 6) is -0.488. The fraction of sp³-hybridized carbons (Fsp3) is 0.462. The van der Waals surface area contributed by atoms with Gasteiger partial charge in [0.25, 0.3) is 0 Å². The first kappa shape index (κ1) is 11.9. The van der Waals surface area contributed by atoms with Crippen molar-refractivity contribution < 1.29 is 9.13 Å². The van der Waals surface area contributed by atoms with E-state index in [0.29, 0.717) is 12.3 Å². The van der Waals surface area contributed by atoms with E-state index in [-0.39, 0.29) is 11.1 Å². The van der Waals surface area contributed by atoms with Crippen LogP contribution >= 0.6 is 0 Å². The van der Waals surface area contributed by atoms with E-state index in [9.17, 15) is 4.39 Å². The van der Waals surface area contributed by atoms with E-state index in [0.717, 1.165) is 19.4 Å². The molecule has 1 aliphatic rings. The largest absolute Gasteiger partial charge is 0.379 e. The molecule has 1 atom stereocenters. The second-order valence-corrected chi connectivity index (χ2v) is 4.62. The molecule has 1 aliphatic heterocycles. The summed E-state index contributed by atoms with van der Waals surface area (Å²) in [6, 6.07) is 6.51. The first-order valence-corrected chi connectivity index (χ1v) is 5.69. The predicted molar refractivity (Wildman–Crippen MR) is 63.2 cm³/mol. The number of halogens is 1. The molecular weight excluding hydrogens is 219 g/mol. The number of rotatable bonds is 2. The van der Waals surface area contributed by atoms with Crippen molar-refractivity contribution in [2.24, 2.45) is 0 Å². The lowest BCUT2D eigenvalue weighted by atomic mass is 9.94. The van der Waals surface area contributed by atoms with Crippen molar-refractivity contribution in [2.75, 3.05) is 18.5 Å². The van der Waals surface area contributed by atoms with E-state index < -0.39 is 5.82 Å². The van der Waals surface area contributed by atoms with Gasteiger partial charge in [-0.2, -0.15) is 5.26 Å². The van der Waals surface area contributed by atoms with E-state index in [1.54, 1.807) is 12.1 Å². The molecule has 17 heavy (non-hydrogen) atoms. The molecule has 0 bridgehead atoms. The highest BCUT2D eigenvalue weighted by Gasteiger charge is 2.28. The third kappa shape index (κ3) is 2.56. The summed E-state index contributed by atoms with van der Waals surface area (Å²) in [7, 11) is 0. The van der Waals surface area contributed by atoms with Crippen molar-refractivity contribution in [1.82, 2.24) is 0 Å². The van der Waals surface area contributed by atoms with Gasteiger partial charge in [0, 0.05) is 6.61 Å². The topological polar surface area (TPSA) is 45.0 Å². The minimum Gasteiger partial charge on any atom is -0.379 e. The van der Waals surface area contributed by atoms with E-state index in [1.165, 1.54) is 6.07 Å². The van der Waals surface area contributed by atoms with E-state index in [1.807, 2.05) is 13.0 Å². The molecule has 0 spiro atoms. The van der Waals surface area contributed by atoms with Crippen molar-refractivity contribution in [3.63, 3.8) is 0 Å². The maximum atomic E-state index is 13.4. The molecule has 1 fully saturated rings. The second kappa shape index (κ2) is 4.72. The summed E-state index contributed by atoms with van der Waals surface area (Å²) in [6.45, 7) is 3.37. The Bertz CT molecular complexity index is 447. The van der Waals surface area contributed by atoms with Crippen molar-refractivity contribution >= 4 is 5.69 Å². The van der Waals surface area contributed by atoms with E-state index in [4.69, 9.17) is 10.00 Å². The quantitative estimate of drug-likeness (QED) is 0.855. The molecule has 0 amide bonds. The molecule has 4 heteroatoms. The Morgan fingerprint density at radius 1 is 1.53 bits per heavy atom. The summed E-state index contributed by atoms with van der Waals surface area (Å²) in [5, 5.41) is 12.2. The summed E-state index contributed by atoms with van der Waals surface area (Å²) in [4.78, 5) is 0. The number of benzene rings is 1. The normalized spacial score (nSPS) is 24.1. The average molecular weight is 234 g/mol. The van der Waals surface area contributed by atoms with Crippen LogP contribution in [0.2, 0.25) is 0 Å². The zero-order valence-electron chi connectivity index (χ0n) is 9.79. The van der Waals surface area contributed by atoms with Gasteiger partial charge in [0.1, 0.15) is 17.4 Å². The minimum atomic E-state index is -0.488. The second-order valence-electron chi connectivity index (χ2n) is 4.62. The van der Waals surface area contributed by atoms with Crippen molar-refractivity contribution in [1.29, 1.82) is 5.26 Å². The molecule has 0 aliphatic carbocycles. The zero-order chi connectivity index (χ0) is 12.3. The van der Waals surface area contributed by atoms with Crippen LogP contribution in [-0.4, -0.2) is 18.8 Å². The molecule has 1 saturated heterocycles. The molecule has 0 radical (unpaired) electrons. The lowest BCUT2D eigenvalue weighted by molar-refractivity contribution is 0.0540. The van der Waals surface area contributed by atoms with Crippen LogP contribution in [0.4, 0.5) is 10.1 Å². The maximum absolute atomic E-state index is 13.4. The van der Waals surface area contributed by atoms with Crippen LogP contribution < -0.4 is 5.32 Å². The highest BCUT2D eigenvalue weighted by atomic mass is 19.1. The third-order valence-corrected chi connectivity index (χ3v) is 3.00. The Morgan fingerprint density at radius 3 is 3.00 bits per heavy atom. The van der Waals surface area contributed by atoms with Crippen LogP contribution in [0.3, 0.4) is 0 Å². The molecule has 1 aromatic carbocycles. The number of hydrogen-bond donors (Lipinski definition) is 1. The molecule has 1 aromatic rings. The average Bonchev–Trinajstić information content (AvgIpc) is 2.30. The maximum Gasteiger partial charge on any atom is 0.143 e. The van der Waals surface area contributed by atoms with Crippen LogP contribution in [0.1, 0.15) is 25.3 Å². The van der Waals surface area contributed by atoms with Crippen molar-refractivity contribution in [2.45, 2.75) is 25.3 Å². The molecule has 1 heterocycles. The smallest absolute Gasteiger partial charge is 0.143 e. The van der Waals surface area contributed by atoms with Gasteiger partial charge in [-0.3, -0.25) is 0 Å². The summed E-state index contributed by atoms with van der Waals surface area (Å²) < 4.78 is 18.9. The first-order chi connectivity index (χ1) is 8.14. The van der Waals surface area contributed by atoms with Gasteiger partial charge in [-0.15, -0.1) is 0 Å². The zero-order valence-corrected chi connectivity index (χ0v) is 9.79. The minimum absolute atomic E-state index is 0.0688. The van der Waals surface area contributed by atoms with E-state index >= 15 is 0 Å². The van der Waals surface area contributed by atoms with Crippen molar-refractivity contribution in [3.05, 3.63) is 29.6 Å². The predicted octanol–water partition coefficient (Wildman–Crippen LogP) is 2.68. The number of nitriles is 1. The number of hydrogen-bond acceptors (Lipinski definition) is 3. The molecule has 2 rings (SSSR count). The van der Waals surface area contributed by atoms with Crippen LogP contribution in [0.5, 0.6) is 0 Å². The number of nitrogens with one attached hydrogen (secondary N) is 1. The molecular formula is C13H15FN2O. The first-order valence-electron chi connectivity index (χ1n) is 5.69. The molecule has 3 nitrogen and oxygen atoms in total. The molecule has 90 valence electrons. The monoisotopic (exact) mass is 234 g/mol. The van der Waals surface area contributed by atoms with Crippen LogP contribution in [0.25, 0.3) is 0 Å². The Kier molecular flexibility index (Phi) is 3.30. The van der Waals surface area contributed by atoms with Gasteiger partial charge in [0.05, 0.1) is 17.8 Å². The van der Waals surface area contributed by atoms with Gasteiger partial charge in [0.2, 0.25) is 0 Å².